The van der Waals surface area contributed by atoms with E-state index in [0.717, 1.165) is 36.0 Å². The lowest BCUT2D eigenvalue weighted by Gasteiger charge is -2.45. The van der Waals surface area contributed by atoms with Gasteiger partial charge in [-0.1, -0.05) is 97.4 Å². The van der Waals surface area contributed by atoms with Crippen LogP contribution in [-0.2, 0) is 43.1 Å². The number of carbonyl (C=O) groups excluding carboxylic acids is 2. The molecule has 0 amide bonds. The molecule has 1 aliphatic carbocycles. The highest BCUT2D eigenvalue weighted by molar-refractivity contribution is 7.44. The Morgan fingerprint density at radius 2 is 1.49 bits per heavy atom. The summed E-state index contributed by atoms with van der Waals surface area (Å²) in [6, 6.07) is 31.5. The van der Waals surface area contributed by atoms with Gasteiger partial charge in [0.15, 0.2) is 17.0 Å². The van der Waals surface area contributed by atoms with E-state index >= 15 is 0 Å². The number of benzene rings is 3. The Balaban J connectivity index is 1.44. The van der Waals surface area contributed by atoms with E-state index in [4.69, 9.17) is 28.1 Å². The van der Waals surface area contributed by atoms with Gasteiger partial charge in [-0.3, -0.25) is 9.40 Å². The fourth-order valence-electron chi connectivity index (χ4n) is 8.89. The van der Waals surface area contributed by atoms with Crippen molar-refractivity contribution in [1.29, 1.82) is 5.26 Å². The lowest BCUT2D eigenvalue weighted by Crippen LogP contribution is -2.55. The second kappa shape index (κ2) is 21.4. The Morgan fingerprint density at radius 3 is 2.05 bits per heavy atom. The first-order valence-corrected chi connectivity index (χ1v) is 22.8. The van der Waals surface area contributed by atoms with Crippen molar-refractivity contribution in [1.82, 2.24) is 24.2 Å². The predicted molar refractivity (Wildman–Crippen MR) is 237 cm³/mol. The number of nitrogens with one attached hydrogen (secondary N) is 1. The van der Waals surface area contributed by atoms with Crippen molar-refractivity contribution in [3.05, 3.63) is 120 Å². The standard InChI is InChI=1S/C47H56N7O8P/c1-32(2)54(33(3)4)63(58-28-18-27-48)62-38-29-39(53-31-51-40-43(52-57-5)49-30-50-44(40)53)60-41(38)42(61-46(56)45(55)59-37-25-16-9-17-26-37)47(34-19-10-6-11-20-34,35-21-12-7-13-22-35)36-23-14-8-15-24-36/h6-8,10-15,19-24,30-33,37-39,41-42H,9,16-18,25-26,28-29H2,1-5H3,(H,49,50,52)/t38-,39+,41-,42?,63?/m0/s1. The summed E-state index contributed by atoms with van der Waals surface area (Å²) in [6.07, 6.45) is 3.24. The van der Waals surface area contributed by atoms with Gasteiger partial charge in [0.2, 0.25) is 0 Å². The molecular formula is C47H56N7O8P. The van der Waals surface area contributed by atoms with Crippen LogP contribution >= 0.6 is 8.53 Å². The number of aromatic nitrogens is 4. The number of carbonyl (C=O) groups is 2. The first-order valence-electron chi connectivity index (χ1n) is 21.6. The van der Waals surface area contributed by atoms with Crippen molar-refractivity contribution < 1.29 is 37.7 Å². The number of hydrogen-bond acceptors (Lipinski definition) is 14. The molecule has 7 rings (SSSR count). The van der Waals surface area contributed by atoms with Crippen LogP contribution in [-0.4, -0.2) is 86.3 Å². The van der Waals surface area contributed by atoms with Crippen molar-refractivity contribution >= 4 is 37.4 Å². The van der Waals surface area contributed by atoms with E-state index in [-0.39, 0.29) is 37.6 Å². The van der Waals surface area contributed by atoms with Crippen molar-refractivity contribution in [3.8, 4) is 6.07 Å². The third-order valence-electron chi connectivity index (χ3n) is 11.5. The number of imidazole rings is 1. The number of fused-ring (bicyclic) bond motifs is 1. The molecule has 1 N–H and O–H groups in total. The first-order chi connectivity index (χ1) is 30.7. The van der Waals surface area contributed by atoms with Gasteiger partial charge in [-0.25, -0.2) is 34.7 Å². The molecule has 63 heavy (non-hydrogen) atoms. The zero-order chi connectivity index (χ0) is 44.3. The van der Waals surface area contributed by atoms with Gasteiger partial charge in [0.1, 0.15) is 30.9 Å². The molecule has 1 saturated heterocycles. The highest BCUT2D eigenvalue weighted by atomic mass is 31.2. The molecular weight excluding hydrogens is 822 g/mol. The maximum absolute atomic E-state index is 14.6. The van der Waals surface area contributed by atoms with Crippen molar-refractivity contribution in [2.24, 2.45) is 0 Å². The Kier molecular flexibility index (Phi) is 15.5. The highest BCUT2D eigenvalue weighted by Crippen LogP contribution is 2.54. The molecule has 3 heterocycles. The minimum atomic E-state index is -1.85. The summed E-state index contributed by atoms with van der Waals surface area (Å²) >= 11 is 0. The Labute approximate surface area is 369 Å². The zero-order valence-corrected chi connectivity index (χ0v) is 37.3. The smallest absolute Gasteiger partial charge is 0.417 e. The van der Waals surface area contributed by atoms with E-state index in [9.17, 15) is 14.9 Å². The topological polar surface area (TPSA) is 172 Å². The molecule has 2 fully saturated rings. The lowest BCUT2D eigenvalue weighted by molar-refractivity contribution is -0.184. The van der Waals surface area contributed by atoms with Gasteiger partial charge in [-0.15, -0.1) is 0 Å². The van der Waals surface area contributed by atoms with Crippen LogP contribution in [0.1, 0.15) is 95.6 Å². The Morgan fingerprint density at radius 1 is 0.889 bits per heavy atom. The van der Waals surface area contributed by atoms with Gasteiger partial charge in [0, 0.05) is 18.5 Å². The zero-order valence-electron chi connectivity index (χ0n) is 36.4. The largest absolute Gasteiger partial charge is 0.454 e. The molecule has 5 aromatic rings. The summed E-state index contributed by atoms with van der Waals surface area (Å²) in [4.78, 5) is 47.3. The third kappa shape index (κ3) is 10.1. The van der Waals surface area contributed by atoms with E-state index in [2.05, 4.69) is 58.9 Å². The van der Waals surface area contributed by atoms with Gasteiger partial charge >= 0.3 is 11.9 Å². The summed E-state index contributed by atoms with van der Waals surface area (Å²) in [5, 5.41) is 9.55. The number of nitriles is 1. The fraction of sp³-hybridized carbons (Fsp3) is 0.447. The predicted octanol–water partition coefficient (Wildman–Crippen LogP) is 8.57. The number of esters is 2. The number of rotatable bonds is 18. The molecule has 1 aliphatic heterocycles. The van der Waals surface area contributed by atoms with E-state index in [1.807, 2.05) is 91.0 Å². The van der Waals surface area contributed by atoms with Crippen LogP contribution in [0.5, 0.6) is 0 Å². The Hall–Kier alpha value is -5.33. The van der Waals surface area contributed by atoms with Gasteiger partial charge < -0.3 is 23.3 Å². The second-order valence-corrected chi connectivity index (χ2v) is 17.6. The molecule has 2 aromatic heterocycles. The van der Waals surface area contributed by atoms with Crippen LogP contribution in [0, 0.1) is 11.3 Å². The molecule has 1 saturated carbocycles. The van der Waals surface area contributed by atoms with Crippen molar-refractivity contribution in [2.75, 3.05) is 19.2 Å². The summed E-state index contributed by atoms with van der Waals surface area (Å²) < 4.78 is 37.5. The van der Waals surface area contributed by atoms with Crippen LogP contribution in [0.4, 0.5) is 5.82 Å². The number of anilines is 1. The van der Waals surface area contributed by atoms with Crippen molar-refractivity contribution in [2.45, 2.75) is 121 Å². The molecule has 5 atom stereocenters. The van der Waals surface area contributed by atoms with E-state index in [1.165, 1.54) is 13.4 Å². The van der Waals surface area contributed by atoms with E-state index in [1.54, 1.807) is 10.9 Å². The monoisotopic (exact) mass is 877 g/mol. The molecule has 332 valence electrons. The molecule has 0 radical (unpaired) electrons. The quantitative estimate of drug-likeness (QED) is 0.0222. The molecule has 15 nitrogen and oxygen atoms in total. The minimum absolute atomic E-state index is 0.0176. The number of ether oxygens (including phenoxy) is 3. The molecule has 2 unspecified atom stereocenters. The molecule has 0 spiro atoms. The van der Waals surface area contributed by atoms with Gasteiger partial charge in [-0.05, 0) is 70.1 Å². The summed E-state index contributed by atoms with van der Waals surface area (Å²) in [6.45, 7) is 8.39. The van der Waals surface area contributed by atoms with E-state index in [0.29, 0.717) is 29.8 Å². The maximum atomic E-state index is 14.6. The maximum Gasteiger partial charge on any atom is 0.417 e. The first kappa shape index (κ1) is 45.7. The highest BCUT2D eigenvalue weighted by Gasteiger charge is 2.57. The third-order valence-corrected chi connectivity index (χ3v) is 13.7. The SMILES string of the molecule is CONc1ncnc2c1ncn2[C@H]1C[C@H](OP(OCCC#N)N(C(C)C)C(C)C)[C@@H](C(OC(=O)C(=O)OC2CCCCC2)C(c2ccccc2)(c2ccccc2)c2ccccc2)O1. The summed E-state index contributed by atoms with van der Waals surface area (Å²) in [7, 11) is -0.365. The number of nitrogens with zero attached hydrogens (tertiary/aromatic N) is 6. The van der Waals surface area contributed by atoms with Gasteiger partial charge in [0.05, 0.1) is 44.1 Å². The summed E-state index contributed by atoms with van der Waals surface area (Å²) in [5.41, 5.74) is 4.70. The molecule has 0 bridgehead atoms. The van der Waals surface area contributed by atoms with E-state index < -0.39 is 50.4 Å². The molecule has 2 aliphatic rings. The van der Waals surface area contributed by atoms with Gasteiger partial charge in [0.25, 0.3) is 8.53 Å². The van der Waals surface area contributed by atoms with Crippen molar-refractivity contribution in [3.63, 3.8) is 0 Å². The average molecular weight is 878 g/mol. The van der Waals surface area contributed by atoms with Gasteiger partial charge in [-0.2, -0.15) is 5.26 Å². The normalized spacial score (nSPS) is 19.3. The van der Waals surface area contributed by atoms with Crippen LogP contribution in [0.25, 0.3) is 11.2 Å². The fourth-order valence-corrected chi connectivity index (χ4v) is 10.6. The van der Waals surface area contributed by atoms with Crippen LogP contribution < -0.4 is 5.48 Å². The van der Waals surface area contributed by atoms with Crippen LogP contribution in [0.2, 0.25) is 0 Å². The second-order valence-electron chi connectivity index (χ2n) is 16.2. The van der Waals surface area contributed by atoms with Crippen LogP contribution in [0.15, 0.2) is 104 Å². The molecule has 3 aromatic carbocycles. The average Bonchev–Trinajstić information content (AvgIpc) is 3.92. The minimum Gasteiger partial charge on any atom is -0.454 e. The summed E-state index contributed by atoms with van der Waals surface area (Å²) in [5.74, 6) is -1.84. The Bertz CT molecular complexity index is 2180. The number of hydrogen-bond donors (Lipinski definition) is 1. The van der Waals surface area contributed by atoms with Crippen LogP contribution in [0.3, 0.4) is 0 Å². The molecule has 16 heteroatoms. The lowest BCUT2D eigenvalue weighted by atomic mass is 9.64.